The predicted octanol–water partition coefficient (Wildman–Crippen LogP) is 2.65. The van der Waals surface area contributed by atoms with Gasteiger partial charge in [0.05, 0.1) is 0 Å². The summed E-state index contributed by atoms with van der Waals surface area (Å²) in [4.78, 5) is 1.07. The molecule has 0 spiro atoms. The Hall–Kier alpha value is -0.740. The van der Waals surface area contributed by atoms with Gasteiger partial charge in [-0.05, 0) is 12.8 Å². The maximum absolute atomic E-state index is 12.1. The molecule has 5 heteroatoms. The fourth-order valence-electron chi connectivity index (χ4n) is 1.05. The minimum Gasteiger partial charge on any atom is -0.353 e. The second-order valence-corrected chi connectivity index (χ2v) is 2.83. The van der Waals surface area contributed by atoms with Crippen molar-refractivity contribution in [1.29, 1.82) is 5.41 Å². The molecule has 2 nitrogen and oxygen atoms in total. The summed E-state index contributed by atoms with van der Waals surface area (Å²) in [6.07, 6.45) is -3.26. The van der Waals surface area contributed by atoms with E-state index in [1.165, 1.54) is 0 Å². The molecule has 0 aliphatic carbocycles. The molecule has 0 bridgehead atoms. The van der Waals surface area contributed by atoms with E-state index >= 15 is 0 Å². The second kappa shape index (κ2) is 5.09. The van der Waals surface area contributed by atoms with Crippen LogP contribution in [-0.2, 0) is 0 Å². The molecule has 0 aliphatic rings. The first-order valence-corrected chi connectivity index (χ1v) is 4.34. The summed E-state index contributed by atoms with van der Waals surface area (Å²) in [5.74, 6) is -1.23. The number of alkyl halides is 3. The van der Waals surface area contributed by atoms with Crippen LogP contribution in [0.1, 0.15) is 26.7 Å². The smallest absolute Gasteiger partial charge is 0.353 e. The molecule has 0 amide bonds. The standard InChI is InChI=1S/C8H15F3N2/c1-3-5-13(6-4-2)7(12)8(9,10)11/h12H,3-6H2,1-2H3. The van der Waals surface area contributed by atoms with Gasteiger partial charge in [0.15, 0.2) is 0 Å². The van der Waals surface area contributed by atoms with Gasteiger partial charge >= 0.3 is 6.18 Å². The number of rotatable bonds is 4. The molecule has 0 saturated heterocycles. The minimum atomic E-state index is -4.51. The van der Waals surface area contributed by atoms with Crippen molar-refractivity contribution in [2.75, 3.05) is 13.1 Å². The van der Waals surface area contributed by atoms with Crippen molar-refractivity contribution < 1.29 is 13.2 Å². The molecule has 0 heterocycles. The summed E-state index contributed by atoms with van der Waals surface area (Å²) in [7, 11) is 0. The highest BCUT2D eigenvalue weighted by atomic mass is 19.4. The van der Waals surface area contributed by atoms with Crippen LogP contribution in [0.25, 0.3) is 0 Å². The lowest BCUT2D eigenvalue weighted by Crippen LogP contribution is -2.41. The van der Waals surface area contributed by atoms with Gasteiger partial charge in [-0.25, -0.2) is 0 Å². The van der Waals surface area contributed by atoms with E-state index in [2.05, 4.69) is 0 Å². The molecule has 0 radical (unpaired) electrons. The highest BCUT2D eigenvalue weighted by Gasteiger charge is 2.37. The van der Waals surface area contributed by atoms with Crippen molar-refractivity contribution in [2.45, 2.75) is 32.9 Å². The van der Waals surface area contributed by atoms with Crippen LogP contribution in [0, 0.1) is 5.41 Å². The Balaban J connectivity index is 4.27. The highest BCUT2D eigenvalue weighted by molar-refractivity contribution is 5.84. The summed E-state index contributed by atoms with van der Waals surface area (Å²) < 4.78 is 36.2. The number of nitrogens with one attached hydrogen (secondary N) is 1. The van der Waals surface area contributed by atoms with Crippen molar-refractivity contribution in [3.05, 3.63) is 0 Å². The maximum atomic E-state index is 12.1. The van der Waals surface area contributed by atoms with Gasteiger partial charge < -0.3 is 4.90 Å². The Bertz CT molecular complexity index is 159. The molecular formula is C8H15F3N2. The molecule has 0 rings (SSSR count). The van der Waals surface area contributed by atoms with Crippen LogP contribution in [-0.4, -0.2) is 30.0 Å². The molecular weight excluding hydrogens is 181 g/mol. The van der Waals surface area contributed by atoms with Gasteiger partial charge in [-0.1, -0.05) is 13.8 Å². The fraction of sp³-hybridized carbons (Fsp3) is 0.875. The zero-order valence-electron chi connectivity index (χ0n) is 7.91. The lowest BCUT2D eigenvalue weighted by atomic mass is 10.3. The second-order valence-electron chi connectivity index (χ2n) is 2.83. The van der Waals surface area contributed by atoms with Crippen molar-refractivity contribution in [2.24, 2.45) is 0 Å². The summed E-state index contributed by atoms with van der Waals surface area (Å²) in [5.41, 5.74) is 0. The number of amidine groups is 1. The number of hydrogen-bond donors (Lipinski definition) is 1. The van der Waals surface area contributed by atoms with Crippen molar-refractivity contribution in [3.8, 4) is 0 Å². The molecule has 0 unspecified atom stereocenters. The van der Waals surface area contributed by atoms with Gasteiger partial charge in [0.25, 0.3) is 0 Å². The van der Waals surface area contributed by atoms with Gasteiger partial charge in [0.1, 0.15) is 0 Å². The van der Waals surface area contributed by atoms with E-state index in [1.807, 2.05) is 0 Å². The molecule has 0 aromatic heterocycles. The van der Waals surface area contributed by atoms with E-state index in [0.717, 1.165) is 4.90 Å². The summed E-state index contributed by atoms with van der Waals surface area (Å²) in [5, 5.41) is 6.90. The highest BCUT2D eigenvalue weighted by Crippen LogP contribution is 2.18. The van der Waals surface area contributed by atoms with E-state index in [0.29, 0.717) is 25.9 Å². The summed E-state index contributed by atoms with van der Waals surface area (Å²) in [6.45, 7) is 4.19. The van der Waals surface area contributed by atoms with Gasteiger partial charge in [0, 0.05) is 13.1 Å². The Morgan fingerprint density at radius 1 is 1.15 bits per heavy atom. The lowest BCUT2D eigenvalue weighted by Gasteiger charge is -2.25. The summed E-state index contributed by atoms with van der Waals surface area (Å²) in [6, 6.07) is 0. The minimum absolute atomic E-state index is 0.298. The van der Waals surface area contributed by atoms with E-state index in [1.54, 1.807) is 13.8 Å². The molecule has 0 fully saturated rings. The zero-order valence-corrected chi connectivity index (χ0v) is 7.91. The predicted molar refractivity (Wildman–Crippen MR) is 45.9 cm³/mol. The molecule has 0 atom stereocenters. The van der Waals surface area contributed by atoms with Crippen molar-refractivity contribution in [3.63, 3.8) is 0 Å². The van der Waals surface area contributed by atoms with E-state index in [4.69, 9.17) is 5.41 Å². The van der Waals surface area contributed by atoms with Gasteiger partial charge in [-0.15, -0.1) is 0 Å². The molecule has 0 aromatic rings. The van der Waals surface area contributed by atoms with Crippen molar-refractivity contribution in [1.82, 2.24) is 4.90 Å². The van der Waals surface area contributed by atoms with Gasteiger partial charge in [-0.2, -0.15) is 13.2 Å². The third-order valence-corrected chi connectivity index (χ3v) is 1.57. The first kappa shape index (κ1) is 12.3. The topological polar surface area (TPSA) is 27.1 Å². The number of nitrogens with zero attached hydrogens (tertiary/aromatic N) is 1. The maximum Gasteiger partial charge on any atom is 0.448 e. The quantitative estimate of drug-likeness (QED) is 0.543. The molecule has 0 saturated carbocycles. The molecule has 0 aliphatic heterocycles. The SMILES string of the molecule is CCCN(CCC)C(=N)C(F)(F)F. The molecule has 0 aromatic carbocycles. The van der Waals surface area contributed by atoms with E-state index < -0.39 is 12.0 Å². The normalized spacial score (nSPS) is 11.5. The molecule has 1 N–H and O–H groups in total. The van der Waals surface area contributed by atoms with Crippen LogP contribution < -0.4 is 0 Å². The Morgan fingerprint density at radius 2 is 1.54 bits per heavy atom. The first-order chi connectivity index (χ1) is 5.93. The third kappa shape index (κ3) is 4.15. The number of halogens is 3. The monoisotopic (exact) mass is 196 g/mol. The average molecular weight is 196 g/mol. The third-order valence-electron chi connectivity index (χ3n) is 1.57. The van der Waals surface area contributed by atoms with E-state index in [9.17, 15) is 13.2 Å². The number of hydrogen-bond acceptors (Lipinski definition) is 1. The van der Waals surface area contributed by atoms with Gasteiger partial charge in [0.2, 0.25) is 5.84 Å². The first-order valence-electron chi connectivity index (χ1n) is 4.34. The Morgan fingerprint density at radius 3 is 1.77 bits per heavy atom. The van der Waals surface area contributed by atoms with Gasteiger partial charge in [-0.3, -0.25) is 5.41 Å². The average Bonchev–Trinajstić information content (AvgIpc) is 2.01. The molecule has 13 heavy (non-hydrogen) atoms. The zero-order chi connectivity index (χ0) is 10.5. The van der Waals surface area contributed by atoms with Crippen LogP contribution in [0.3, 0.4) is 0 Å². The Kier molecular flexibility index (Phi) is 4.80. The van der Waals surface area contributed by atoms with Crippen LogP contribution in [0.4, 0.5) is 13.2 Å². The van der Waals surface area contributed by atoms with E-state index in [-0.39, 0.29) is 0 Å². The van der Waals surface area contributed by atoms with Crippen molar-refractivity contribution >= 4 is 5.84 Å². The van der Waals surface area contributed by atoms with Crippen LogP contribution in [0.2, 0.25) is 0 Å². The lowest BCUT2D eigenvalue weighted by molar-refractivity contribution is -0.0698. The fourth-order valence-corrected chi connectivity index (χ4v) is 1.05. The van der Waals surface area contributed by atoms with Crippen LogP contribution >= 0.6 is 0 Å². The molecule has 78 valence electrons. The van der Waals surface area contributed by atoms with Crippen LogP contribution in [0.15, 0.2) is 0 Å². The van der Waals surface area contributed by atoms with Crippen LogP contribution in [0.5, 0.6) is 0 Å². The Labute approximate surface area is 76.2 Å². The largest absolute Gasteiger partial charge is 0.448 e. The summed E-state index contributed by atoms with van der Waals surface area (Å²) >= 11 is 0.